The molecule has 0 fully saturated rings. The Bertz CT molecular complexity index is 519. The van der Waals surface area contributed by atoms with Crippen LogP contribution in [0.15, 0.2) is 36.8 Å². The van der Waals surface area contributed by atoms with Crippen molar-refractivity contribution < 1.29 is 4.74 Å². The Morgan fingerprint density at radius 3 is 2.61 bits per heavy atom. The van der Waals surface area contributed by atoms with Gasteiger partial charge in [0.2, 0.25) is 0 Å². The maximum atomic E-state index is 6.25. The highest BCUT2D eigenvalue weighted by Gasteiger charge is 2.16. The number of rotatable bonds is 4. The Kier molecular flexibility index (Phi) is 3.67. The number of para-hydroxylation sites is 1. The fourth-order valence-corrected chi connectivity index (χ4v) is 1.85. The lowest BCUT2D eigenvalue weighted by atomic mass is 10.0. The van der Waals surface area contributed by atoms with Gasteiger partial charge in [0, 0.05) is 18.8 Å². The molecule has 0 aliphatic rings. The molecule has 96 valence electrons. The van der Waals surface area contributed by atoms with E-state index in [4.69, 9.17) is 10.5 Å². The minimum Gasteiger partial charge on any atom is -0.491 e. The summed E-state index contributed by atoms with van der Waals surface area (Å²) in [5, 5.41) is 0. The first-order valence-electron chi connectivity index (χ1n) is 6.07. The Morgan fingerprint density at radius 2 is 2.00 bits per heavy atom. The Balaban J connectivity index is 2.32. The lowest BCUT2D eigenvalue weighted by Crippen LogP contribution is -2.15. The van der Waals surface area contributed by atoms with Gasteiger partial charge in [-0.1, -0.05) is 18.2 Å². The fraction of sp³-hybridized carbons (Fsp3) is 0.357. The van der Waals surface area contributed by atoms with Gasteiger partial charge in [-0.2, -0.15) is 0 Å². The number of imidazole rings is 1. The summed E-state index contributed by atoms with van der Waals surface area (Å²) >= 11 is 0. The number of hydrogen-bond donors (Lipinski definition) is 1. The lowest BCUT2D eigenvalue weighted by Gasteiger charge is -2.17. The van der Waals surface area contributed by atoms with Crippen LogP contribution in [0, 0.1) is 0 Å². The van der Waals surface area contributed by atoms with Crippen molar-refractivity contribution in [1.82, 2.24) is 9.55 Å². The number of nitrogens with zero attached hydrogens (tertiary/aromatic N) is 2. The van der Waals surface area contributed by atoms with Gasteiger partial charge in [-0.05, 0) is 19.9 Å². The summed E-state index contributed by atoms with van der Waals surface area (Å²) in [6, 6.07) is 7.58. The van der Waals surface area contributed by atoms with E-state index in [1.807, 2.05) is 55.9 Å². The normalized spacial score (nSPS) is 12.7. The van der Waals surface area contributed by atoms with E-state index in [1.165, 1.54) is 0 Å². The highest BCUT2D eigenvalue weighted by molar-refractivity contribution is 5.39. The van der Waals surface area contributed by atoms with Crippen LogP contribution in [0.4, 0.5) is 0 Å². The van der Waals surface area contributed by atoms with Crippen molar-refractivity contribution >= 4 is 0 Å². The first-order chi connectivity index (χ1) is 8.58. The molecule has 0 saturated carbocycles. The monoisotopic (exact) mass is 245 g/mol. The van der Waals surface area contributed by atoms with Gasteiger partial charge in [0.1, 0.15) is 5.75 Å². The first-order valence-corrected chi connectivity index (χ1v) is 6.07. The number of benzene rings is 1. The molecule has 2 rings (SSSR count). The van der Waals surface area contributed by atoms with Crippen LogP contribution in [-0.2, 0) is 7.05 Å². The van der Waals surface area contributed by atoms with Crippen molar-refractivity contribution in [3.63, 3.8) is 0 Å². The van der Waals surface area contributed by atoms with Crippen LogP contribution in [0.25, 0.3) is 0 Å². The van der Waals surface area contributed by atoms with Crippen LogP contribution in [-0.4, -0.2) is 15.7 Å². The van der Waals surface area contributed by atoms with E-state index in [-0.39, 0.29) is 12.1 Å². The second kappa shape index (κ2) is 5.23. The fourth-order valence-electron chi connectivity index (χ4n) is 1.85. The van der Waals surface area contributed by atoms with Gasteiger partial charge in [-0.3, -0.25) is 0 Å². The Labute approximate surface area is 107 Å². The number of nitrogens with two attached hydrogens (primary N) is 1. The Hall–Kier alpha value is -1.81. The molecule has 0 bridgehead atoms. The van der Waals surface area contributed by atoms with Crippen LogP contribution in [0.1, 0.15) is 31.1 Å². The molecule has 1 unspecified atom stereocenters. The second-order valence-electron chi connectivity index (χ2n) is 4.65. The molecule has 0 radical (unpaired) electrons. The molecule has 1 atom stereocenters. The highest BCUT2D eigenvalue weighted by Crippen LogP contribution is 2.27. The van der Waals surface area contributed by atoms with Gasteiger partial charge in [-0.15, -0.1) is 0 Å². The summed E-state index contributed by atoms with van der Waals surface area (Å²) in [6.07, 6.45) is 3.81. The predicted octanol–water partition coefficient (Wildman–Crippen LogP) is 2.26. The molecule has 1 heterocycles. The predicted molar refractivity (Wildman–Crippen MR) is 71.4 cm³/mol. The van der Waals surface area contributed by atoms with E-state index in [2.05, 4.69) is 4.98 Å². The van der Waals surface area contributed by atoms with E-state index in [0.717, 1.165) is 17.0 Å². The molecule has 1 aromatic carbocycles. The van der Waals surface area contributed by atoms with Gasteiger partial charge in [0.05, 0.1) is 24.2 Å². The molecular weight excluding hydrogens is 226 g/mol. The molecule has 4 nitrogen and oxygen atoms in total. The average Bonchev–Trinajstić information content (AvgIpc) is 2.75. The second-order valence-corrected chi connectivity index (χ2v) is 4.65. The number of ether oxygens (including phenoxy) is 1. The summed E-state index contributed by atoms with van der Waals surface area (Å²) in [6.45, 7) is 4.01. The average molecular weight is 245 g/mol. The van der Waals surface area contributed by atoms with Gasteiger partial charge < -0.3 is 15.0 Å². The molecule has 0 saturated heterocycles. The summed E-state index contributed by atoms with van der Waals surface area (Å²) in [4.78, 5) is 4.29. The van der Waals surface area contributed by atoms with Crippen LogP contribution in [0.2, 0.25) is 0 Å². The third-order valence-corrected chi connectivity index (χ3v) is 2.66. The maximum absolute atomic E-state index is 6.25. The van der Waals surface area contributed by atoms with E-state index in [9.17, 15) is 0 Å². The van der Waals surface area contributed by atoms with Crippen LogP contribution in [0.5, 0.6) is 5.75 Å². The van der Waals surface area contributed by atoms with E-state index in [1.54, 1.807) is 6.33 Å². The molecule has 0 aliphatic heterocycles. The minimum absolute atomic E-state index is 0.127. The number of aryl methyl sites for hydroxylation is 1. The first kappa shape index (κ1) is 12.6. The van der Waals surface area contributed by atoms with Crippen molar-refractivity contribution in [2.45, 2.75) is 26.0 Å². The van der Waals surface area contributed by atoms with Crippen molar-refractivity contribution in [3.8, 4) is 5.75 Å². The van der Waals surface area contributed by atoms with Gasteiger partial charge in [0.25, 0.3) is 0 Å². The number of hydrogen-bond acceptors (Lipinski definition) is 3. The number of aromatic nitrogens is 2. The van der Waals surface area contributed by atoms with E-state index < -0.39 is 0 Å². The van der Waals surface area contributed by atoms with E-state index in [0.29, 0.717) is 0 Å². The van der Waals surface area contributed by atoms with Gasteiger partial charge in [0.15, 0.2) is 0 Å². The zero-order chi connectivity index (χ0) is 13.1. The summed E-state index contributed by atoms with van der Waals surface area (Å²) in [7, 11) is 1.93. The molecule has 1 aromatic heterocycles. The Morgan fingerprint density at radius 1 is 1.28 bits per heavy atom. The van der Waals surface area contributed by atoms with Crippen molar-refractivity contribution in [2.24, 2.45) is 12.8 Å². The molecular formula is C14H19N3O. The van der Waals surface area contributed by atoms with Crippen molar-refractivity contribution in [3.05, 3.63) is 48.0 Å². The smallest absolute Gasteiger partial charge is 0.124 e. The lowest BCUT2D eigenvalue weighted by molar-refractivity contribution is 0.239. The topological polar surface area (TPSA) is 53.1 Å². The standard InChI is InChI=1S/C14H19N3O/c1-10(2)18-13-7-5-4-6-11(13)14(15)12-8-17(3)9-16-12/h4-10,14H,15H2,1-3H3. The molecule has 18 heavy (non-hydrogen) atoms. The van der Waals surface area contributed by atoms with Crippen molar-refractivity contribution in [1.29, 1.82) is 0 Å². The molecule has 2 aromatic rings. The van der Waals surface area contributed by atoms with Crippen LogP contribution >= 0.6 is 0 Å². The zero-order valence-corrected chi connectivity index (χ0v) is 11.0. The van der Waals surface area contributed by atoms with Gasteiger partial charge >= 0.3 is 0 Å². The summed E-state index contributed by atoms with van der Waals surface area (Å²) in [5.41, 5.74) is 8.06. The third-order valence-electron chi connectivity index (χ3n) is 2.66. The summed E-state index contributed by atoms with van der Waals surface area (Å²) in [5.74, 6) is 0.825. The molecule has 2 N–H and O–H groups in total. The van der Waals surface area contributed by atoms with Gasteiger partial charge in [-0.25, -0.2) is 4.98 Å². The maximum Gasteiger partial charge on any atom is 0.124 e. The van der Waals surface area contributed by atoms with Crippen molar-refractivity contribution in [2.75, 3.05) is 0 Å². The SMILES string of the molecule is CC(C)Oc1ccccc1C(N)c1cn(C)cn1. The minimum atomic E-state index is -0.263. The zero-order valence-electron chi connectivity index (χ0n) is 11.0. The van der Waals surface area contributed by atoms with Crippen LogP contribution in [0.3, 0.4) is 0 Å². The third kappa shape index (κ3) is 2.71. The molecule has 0 aliphatic carbocycles. The molecule has 0 spiro atoms. The quantitative estimate of drug-likeness (QED) is 0.899. The largest absolute Gasteiger partial charge is 0.491 e. The highest BCUT2D eigenvalue weighted by atomic mass is 16.5. The van der Waals surface area contributed by atoms with E-state index >= 15 is 0 Å². The summed E-state index contributed by atoms with van der Waals surface area (Å²) < 4.78 is 7.67. The molecule has 0 amide bonds. The molecule has 4 heteroatoms. The van der Waals surface area contributed by atoms with Crippen LogP contribution < -0.4 is 10.5 Å².